The molecule has 2 aliphatic heterocycles. The van der Waals surface area contributed by atoms with Crippen LogP contribution in [0.4, 0.5) is 4.79 Å². The molecule has 0 spiro atoms. The second-order valence-corrected chi connectivity index (χ2v) is 6.55. The number of likely N-dealkylation sites (tertiary alicyclic amines) is 1. The van der Waals surface area contributed by atoms with Crippen molar-refractivity contribution in [2.45, 2.75) is 50.9 Å². The van der Waals surface area contributed by atoms with Gasteiger partial charge in [0.2, 0.25) is 0 Å². The number of aliphatic hydroxyl groups excluding tert-OH is 1. The van der Waals surface area contributed by atoms with Crippen molar-refractivity contribution in [2.24, 2.45) is 5.92 Å². The smallest absolute Gasteiger partial charge is 0.317 e. The van der Waals surface area contributed by atoms with E-state index in [9.17, 15) is 9.90 Å². The summed E-state index contributed by atoms with van der Waals surface area (Å²) in [6.07, 6.45) is 6.84. The summed E-state index contributed by atoms with van der Waals surface area (Å²) in [5.41, 5.74) is 1.03. The Morgan fingerprint density at radius 1 is 1.52 bits per heavy atom. The van der Waals surface area contributed by atoms with Crippen molar-refractivity contribution in [3.05, 3.63) is 18.0 Å². The van der Waals surface area contributed by atoms with Crippen molar-refractivity contribution in [3.8, 4) is 0 Å². The maximum absolute atomic E-state index is 12.4. The molecule has 2 aliphatic rings. The molecule has 1 aromatic heterocycles. The number of carbonyl (C=O) groups excluding carboxylic acids is 1. The van der Waals surface area contributed by atoms with E-state index in [0.717, 1.165) is 37.9 Å². The minimum absolute atomic E-state index is 0.0211. The average molecular weight is 322 g/mol. The first-order valence-electron chi connectivity index (χ1n) is 8.49. The minimum atomic E-state index is -0.425. The van der Waals surface area contributed by atoms with Gasteiger partial charge in [-0.15, -0.1) is 0 Å². The number of piperidine rings is 1. The lowest BCUT2D eigenvalue weighted by molar-refractivity contribution is -0.0277. The fourth-order valence-corrected chi connectivity index (χ4v) is 3.57. The average Bonchev–Trinajstić information content (AvgIpc) is 3.10. The predicted octanol–water partition coefficient (Wildman–Crippen LogP) is 1.43. The number of aromatic amines is 1. The van der Waals surface area contributed by atoms with E-state index >= 15 is 0 Å². The van der Waals surface area contributed by atoms with Crippen molar-refractivity contribution in [1.82, 2.24) is 20.4 Å². The number of aliphatic hydroxyl groups is 1. The van der Waals surface area contributed by atoms with Gasteiger partial charge in [0.1, 0.15) is 0 Å². The molecular formula is C16H26N4O3. The Labute approximate surface area is 136 Å². The van der Waals surface area contributed by atoms with Crippen LogP contribution in [-0.4, -0.2) is 58.1 Å². The van der Waals surface area contributed by atoms with Gasteiger partial charge in [-0.2, -0.15) is 5.10 Å². The van der Waals surface area contributed by atoms with Crippen LogP contribution in [0.1, 0.15) is 44.3 Å². The van der Waals surface area contributed by atoms with Gasteiger partial charge in [0.25, 0.3) is 0 Å². The second kappa shape index (κ2) is 7.31. The van der Waals surface area contributed by atoms with Crippen molar-refractivity contribution < 1.29 is 14.6 Å². The number of nitrogens with zero attached hydrogens (tertiary/aromatic N) is 2. The van der Waals surface area contributed by atoms with Crippen molar-refractivity contribution in [3.63, 3.8) is 0 Å². The van der Waals surface area contributed by atoms with Gasteiger partial charge in [0, 0.05) is 37.4 Å². The lowest BCUT2D eigenvalue weighted by atomic mass is 9.91. The van der Waals surface area contributed by atoms with Gasteiger partial charge in [-0.25, -0.2) is 4.79 Å². The lowest BCUT2D eigenvalue weighted by Crippen LogP contribution is -2.53. The zero-order valence-electron chi connectivity index (χ0n) is 13.6. The summed E-state index contributed by atoms with van der Waals surface area (Å²) in [6, 6.07) is -0.219. The summed E-state index contributed by atoms with van der Waals surface area (Å²) in [7, 11) is 0. The Morgan fingerprint density at radius 3 is 3.17 bits per heavy atom. The number of hydrogen-bond donors (Lipinski definition) is 3. The van der Waals surface area contributed by atoms with Crippen LogP contribution in [0.2, 0.25) is 0 Å². The van der Waals surface area contributed by atoms with Gasteiger partial charge < -0.3 is 20.1 Å². The Balaban J connectivity index is 1.56. The molecule has 2 saturated heterocycles. The molecule has 3 N–H and O–H groups in total. The third-order valence-electron chi connectivity index (χ3n) is 5.02. The third-order valence-corrected chi connectivity index (χ3v) is 5.02. The highest BCUT2D eigenvalue weighted by atomic mass is 16.5. The van der Waals surface area contributed by atoms with E-state index in [1.165, 1.54) is 0 Å². The van der Waals surface area contributed by atoms with Crippen LogP contribution < -0.4 is 5.32 Å². The third kappa shape index (κ3) is 3.67. The SMILES string of the molecule is CC1C(O)CCCN1C(=O)NC[C@@H]1CCCO[C@H]1c1cn[nH]c1. The monoisotopic (exact) mass is 322 g/mol. The first-order valence-corrected chi connectivity index (χ1v) is 8.49. The van der Waals surface area contributed by atoms with Crippen LogP contribution in [-0.2, 0) is 4.74 Å². The Kier molecular flexibility index (Phi) is 5.17. The van der Waals surface area contributed by atoms with Crippen LogP contribution in [0.3, 0.4) is 0 Å². The topological polar surface area (TPSA) is 90.5 Å². The highest BCUT2D eigenvalue weighted by molar-refractivity contribution is 5.74. The number of amides is 2. The van der Waals surface area contributed by atoms with E-state index in [2.05, 4.69) is 15.5 Å². The van der Waals surface area contributed by atoms with Crippen LogP contribution in [0.15, 0.2) is 12.4 Å². The normalized spacial score (nSPS) is 31.8. The van der Waals surface area contributed by atoms with E-state index < -0.39 is 6.10 Å². The fraction of sp³-hybridized carbons (Fsp3) is 0.750. The summed E-state index contributed by atoms with van der Waals surface area (Å²) < 4.78 is 5.89. The minimum Gasteiger partial charge on any atom is -0.391 e. The maximum atomic E-state index is 12.4. The second-order valence-electron chi connectivity index (χ2n) is 6.55. The molecular weight excluding hydrogens is 296 g/mol. The molecule has 0 bridgehead atoms. The molecule has 3 rings (SSSR count). The number of H-pyrrole nitrogens is 1. The first-order chi connectivity index (χ1) is 11.2. The highest BCUT2D eigenvalue weighted by Gasteiger charge is 2.32. The summed E-state index contributed by atoms with van der Waals surface area (Å²) in [5, 5.41) is 19.8. The molecule has 3 heterocycles. The van der Waals surface area contributed by atoms with Crippen molar-refractivity contribution >= 4 is 6.03 Å². The lowest BCUT2D eigenvalue weighted by Gasteiger charge is -2.38. The molecule has 0 aliphatic carbocycles. The van der Waals surface area contributed by atoms with Gasteiger partial charge in [-0.05, 0) is 32.6 Å². The predicted molar refractivity (Wildman–Crippen MR) is 84.8 cm³/mol. The number of nitrogens with one attached hydrogen (secondary N) is 2. The van der Waals surface area contributed by atoms with E-state index in [1.54, 1.807) is 11.1 Å². The van der Waals surface area contributed by atoms with E-state index in [4.69, 9.17) is 4.74 Å². The van der Waals surface area contributed by atoms with Crippen LogP contribution in [0, 0.1) is 5.92 Å². The van der Waals surface area contributed by atoms with E-state index in [0.29, 0.717) is 13.1 Å². The standard InChI is InChI=1S/C16H26N4O3/c1-11-14(21)5-2-6-20(11)16(22)17-8-12-4-3-7-23-15(12)13-9-18-19-10-13/h9-12,14-15,21H,2-8H2,1H3,(H,17,22)(H,18,19)/t11?,12-,14?,15+/m0/s1. The highest BCUT2D eigenvalue weighted by Crippen LogP contribution is 2.32. The number of rotatable bonds is 3. The Hall–Kier alpha value is -1.60. The number of ether oxygens (including phenoxy) is 1. The quantitative estimate of drug-likeness (QED) is 0.785. The van der Waals surface area contributed by atoms with Gasteiger partial charge in [-0.1, -0.05) is 0 Å². The van der Waals surface area contributed by atoms with Crippen molar-refractivity contribution in [1.29, 1.82) is 0 Å². The summed E-state index contributed by atoms with van der Waals surface area (Å²) in [4.78, 5) is 14.2. The van der Waals surface area contributed by atoms with Gasteiger partial charge in [0.15, 0.2) is 0 Å². The van der Waals surface area contributed by atoms with Crippen molar-refractivity contribution in [2.75, 3.05) is 19.7 Å². The van der Waals surface area contributed by atoms with E-state index in [-0.39, 0.29) is 24.1 Å². The molecule has 7 heteroatoms. The van der Waals surface area contributed by atoms with Crippen LogP contribution in [0.25, 0.3) is 0 Å². The molecule has 2 unspecified atom stereocenters. The van der Waals surface area contributed by atoms with Crippen LogP contribution >= 0.6 is 0 Å². The van der Waals surface area contributed by atoms with Gasteiger partial charge in [-0.3, -0.25) is 5.10 Å². The molecule has 4 atom stereocenters. The fourth-order valence-electron chi connectivity index (χ4n) is 3.57. The van der Waals surface area contributed by atoms with Crippen LogP contribution in [0.5, 0.6) is 0 Å². The molecule has 7 nitrogen and oxygen atoms in total. The summed E-state index contributed by atoms with van der Waals surface area (Å²) in [6.45, 7) is 3.93. The van der Waals surface area contributed by atoms with Gasteiger partial charge >= 0.3 is 6.03 Å². The molecule has 0 saturated carbocycles. The molecule has 0 aromatic carbocycles. The largest absolute Gasteiger partial charge is 0.391 e. The Bertz CT molecular complexity index is 507. The zero-order valence-corrected chi connectivity index (χ0v) is 13.6. The molecule has 2 amide bonds. The number of carbonyl (C=O) groups is 1. The first kappa shape index (κ1) is 16.3. The molecule has 2 fully saturated rings. The van der Waals surface area contributed by atoms with E-state index in [1.807, 2.05) is 13.1 Å². The number of hydrogen-bond acceptors (Lipinski definition) is 4. The maximum Gasteiger partial charge on any atom is 0.317 e. The molecule has 23 heavy (non-hydrogen) atoms. The zero-order chi connectivity index (χ0) is 16.2. The Morgan fingerprint density at radius 2 is 2.39 bits per heavy atom. The number of urea groups is 1. The molecule has 0 radical (unpaired) electrons. The number of aromatic nitrogens is 2. The van der Waals surface area contributed by atoms with Gasteiger partial charge in [0.05, 0.1) is 24.4 Å². The summed E-state index contributed by atoms with van der Waals surface area (Å²) in [5.74, 6) is 0.246. The molecule has 1 aromatic rings. The molecule has 128 valence electrons. The summed E-state index contributed by atoms with van der Waals surface area (Å²) >= 11 is 0.